The van der Waals surface area contributed by atoms with Gasteiger partial charge in [0, 0.05) is 18.2 Å². The molecule has 0 aliphatic heterocycles. The first-order valence-electron chi connectivity index (χ1n) is 5.27. The van der Waals surface area contributed by atoms with E-state index >= 15 is 0 Å². The van der Waals surface area contributed by atoms with Gasteiger partial charge in [-0.05, 0) is 30.5 Å². The van der Waals surface area contributed by atoms with E-state index in [4.69, 9.17) is 0 Å². The summed E-state index contributed by atoms with van der Waals surface area (Å²) in [5, 5.41) is 3.17. The van der Waals surface area contributed by atoms with Gasteiger partial charge in [0.1, 0.15) is 11.6 Å². The zero-order valence-corrected chi connectivity index (χ0v) is 10.4. The van der Waals surface area contributed by atoms with E-state index < -0.39 is 11.6 Å². The van der Waals surface area contributed by atoms with Crippen molar-refractivity contribution in [1.82, 2.24) is 5.32 Å². The molecule has 1 atom stereocenters. The van der Waals surface area contributed by atoms with Crippen molar-refractivity contribution in [2.75, 3.05) is 18.6 Å². The molecule has 1 rings (SSSR count). The lowest BCUT2D eigenvalue weighted by Crippen LogP contribution is -2.22. The summed E-state index contributed by atoms with van der Waals surface area (Å²) < 4.78 is 25.9. The van der Waals surface area contributed by atoms with Gasteiger partial charge < -0.3 is 5.32 Å². The van der Waals surface area contributed by atoms with Crippen LogP contribution in [0.15, 0.2) is 18.2 Å². The van der Waals surface area contributed by atoms with Crippen molar-refractivity contribution in [2.24, 2.45) is 5.92 Å². The average Bonchev–Trinajstić information content (AvgIpc) is 2.22. The molecule has 0 aliphatic carbocycles. The lowest BCUT2D eigenvalue weighted by atomic mass is 10.2. The Morgan fingerprint density at radius 3 is 2.75 bits per heavy atom. The Morgan fingerprint density at radius 2 is 2.12 bits per heavy atom. The number of halogens is 2. The molecule has 0 aromatic heterocycles. The van der Waals surface area contributed by atoms with Crippen molar-refractivity contribution in [3.05, 3.63) is 35.4 Å². The highest BCUT2D eigenvalue weighted by molar-refractivity contribution is 7.98. The highest BCUT2D eigenvalue weighted by atomic mass is 32.2. The maximum absolute atomic E-state index is 13.2. The fourth-order valence-electron chi connectivity index (χ4n) is 1.46. The predicted molar refractivity (Wildman–Crippen MR) is 65.6 cm³/mol. The van der Waals surface area contributed by atoms with E-state index in [0.717, 1.165) is 18.4 Å². The largest absolute Gasteiger partial charge is 0.312 e. The molecule has 4 heteroatoms. The minimum absolute atomic E-state index is 0.449. The van der Waals surface area contributed by atoms with E-state index in [2.05, 4.69) is 18.5 Å². The van der Waals surface area contributed by atoms with Gasteiger partial charge in [-0.1, -0.05) is 13.0 Å². The molecular weight excluding hydrogens is 228 g/mol. The van der Waals surface area contributed by atoms with Crippen LogP contribution < -0.4 is 5.32 Å². The van der Waals surface area contributed by atoms with Crippen molar-refractivity contribution < 1.29 is 8.78 Å². The van der Waals surface area contributed by atoms with Crippen LogP contribution in [0.2, 0.25) is 0 Å². The molecule has 90 valence electrons. The van der Waals surface area contributed by atoms with E-state index in [0.29, 0.717) is 18.0 Å². The number of rotatable bonds is 6. The molecule has 0 radical (unpaired) electrons. The quantitative estimate of drug-likeness (QED) is 0.826. The fraction of sp³-hybridized carbons (Fsp3) is 0.500. The Morgan fingerprint density at radius 1 is 1.38 bits per heavy atom. The van der Waals surface area contributed by atoms with Gasteiger partial charge in [-0.2, -0.15) is 11.8 Å². The summed E-state index contributed by atoms with van der Waals surface area (Å²) in [6.45, 7) is 3.44. The Labute approximate surface area is 99.6 Å². The zero-order chi connectivity index (χ0) is 12.0. The van der Waals surface area contributed by atoms with Crippen LogP contribution in [0.4, 0.5) is 8.78 Å². The Hall–Kier alpha value is -0.610. The second kappa shape index (κ2) is 6.86. The highest BCUT2D eigenvalue weighted by Crippen LogP contribution is 2.09. The van der Waals surface area contributed by atoms with Gasteiger partial charge in [-0.15, -0.1) is 0 Å². The van der Waals surface area contributed by atoms with Crippen LogP contribution in [-0.2, 0) is 6.54 Å². The minimum atomic E-state index is -0.531. The number of thioether (sulfide) groups is 1. The van der Waals surface area contributed by atoms with Crippen LogP contribution in [0, 0.1) is 17.6 Å². The van der Waals surface area contributed by atoms with E-state index in [1.54, 1.807) is 11.8 Å². The molecule has 0 saturated carbocycles. The number of hydrogen-bond donors (Lipinski definition) is 1. The van der Waals surface area contributed by atoms with Crippen molar-refractivity contribution in [3.8, 4) is 0 Å². The van der Waals surface area contributed by atoms with Crippen LogP contribution in [-0.4, -0.2) is 18.6 Å². The zero-order valence-electron chi connectivity index (χ0n) is 9.59. The maximum Gasteiger partial charge on any atom is 0.130 e. The summed E-state index contributed by atoms with van der Waals surface area (Å²) in [4.78, 5) is 0. The first kappa shape index (κ1) is 13.5. The van der Waals surface area contributed by atoms with Crippen molar-refractivity contribution >= 4 is 11.8 Å². The summed E-state index contributed by atoms with van der Waals surface area (Å²) in [5.41, 5.74) is 0.512. The second-order valence-electron chi connectivity index (χ2n) is 3.93. The number of benzene rings is 1. The Bertz CT molecular complexity index is 331. The molecule has 1 aromatic rings. The molecule has 1 aromatic carbocycles. The molecule has 0 bridgehead atoms. The molecular formula is C12H17F2NS. The Kier molecular flexibility index (Phi) is 5.77. The van der Waals surface area contributed by atoms with E-state index in [1.165, 1.54) is 12.1 Å². The van der Waals surface area contributed by atoms with Gasteiger partial charge in [0.05, 0.1) is 0 Å². The Balaban J connectivity index is 2.37. The molecule has 1 N–H and O–H groups in total. The number of nitrogens with one attached hydrogen (secondary N) is 1. The first-order valence-corrected chi connectivity index (χ1v) is 6.66. The first-order chi connectivity index (χ1) is 7.63. The van der Waals surface area contributed by atoms with E-state index in [-0.39, 0.29) is 0 Å². The third-order valence-electron chi connectivity index (χ3n) is 2.27. The summed E-state index contributed by atoms with van der Waals surface area (Å²) in [6.07, 6.45) is 2.07. The number of hydrogen-bond acceptors (Lipinski definition) is 2. The molecule has 0 amide bonds. The second-order valence-corrected chi connectivity index (χ2v) is 4.84. The lowest BCUT2D eigenvalue weighted by Gasteiger charge is -2.11. The van der Waals surface area contributed by atoms with Crippen LogP contribution >= 0.6 is 11.8 Å². The van der Waals surface area contributed by atoms with Gasteiger partial charge in [0.15, 0.2) is 0 Å². The normalized spacial score (nSPS) is 12.8. The van der Waals surface area contributed by atoms with Gasteiger partial charge in [0.25, 0.3) is 0 Å². The summed E-state index contributed by atoms with van der Waals surface area (Å²) in [5.74, 6) is 0.624. The van der Waals surface area contributed by atoms with Crippen LogP contribution in [0.25, 0.3) is 0 Å². The van der Waals surface area contributed by atoms with Crippen molar-refractivity contribution in [2.45, 2.75) is 13.5 Å². The average molecular weight is 245 g/mol. The predicted octanol–water partition coefficient (Wildman–Crippen LogP) is 3.05. The molecule has 0 aliphatic rings. The SMILES string of the molecule is CSCC(C)CNCc1ccc(F)cc1F. The third kappa shape index (κ3) is 4.49. The van der Waals surface area contributed by atoms with Crippen LogP contribution in [0.5, 0.6) is 0 Å². The van der Waals surface area contributed by atoms with Gasteiger partial charge in [-0.25, -0.2) is 8.78 Å². The van der Waals surface area contributed by atoms with Gasteiger partial charge in [-0.3, -0.25) is 0 Å². The summed E-state index contributed by atoms with van der Waals surface area (Å²) in [7, 11) is 0. The van der Waals surface area contributed by atoms with E-state index in [9.17, 15) is 8.78 Å². The summed E-state index contributed by atoms with van der Waals surface area (Å²) in [6, 6.07) is 3.69. The highest BCUT2D eigenvalue weighted by Gasteiger charge is 2.04. The lowest BCUT2D eigenvalue weighted by molar-refractivity contribution is 0.532. The molecule has 1 nitrogen and oxygen atoms in total. The smallest absolute Gasteiger partial charge is 0.130 e. The van der Waals surface area contributed by atoms with Crippen molar-refractivity contribution in [1.29, 1.82) is 0 Å². The molecule has 1 unspecified atom stereocenters. The maximum atomic E-state index is 13.2. The summed E-state index contributed by atoms with van der Waals surface area (Å²) >= 11 is 1.80. The fourth-order valence-corrected chi connectivity index (χ4v) is 2.15. The molecule has 0 fully saturated rings. The molecule has 16 heavy (non-hydrogen) atoms. The third-order valence-corrected chi connectivity index (χ3v) is 3.18. The topological polar surface area (TPSA) is 12.0 Å². The molecule has 0 heterocycles. The van der Waals surface area contributed by atoms with E-state index in [1.807, 2.05) is 0 Å². The minimum Gasteiger partial charge on any atom is -0.312 e. The monoisotopic (exact) mass is 245 g/mol. The molecule has 0 spiro atoms. The van der Waals surface area contributed by atoms with Crippen molar-refractivity contribution in [3.63, 3.8) is 0 Å². The van der Waals surface area contributed by atoms with Crippen LogP contribution in [0.3, 0.4) is 0 Å². The van der Waals surface area contributed by atoms with Gasteiger partial charge in [0.2, 0.25) is 0 Å². The van der Waals surface area contributed by atoms with Gasteiger partial charge >= 0.3 is 0 Å². The van der Waals surface area contributed by atoms with Crippen LogP contribution in [0.1, 0.15) is 12.5 Å². The molecule has 0 saturated heterocycles. The standard InChI is InChI=1S/C12H17F2NS/c1-9(8-16-2)6-15-7-10-3-4-11(13)5-12(10)14/h3-5,9,15H,6-8H2,1-2H3.